The predicted molar refractivity (Wildman–Crippen MR) is 88.4 cm³/mol. The summed E-state index contributed by atoms with van der Waals surface area (Å²) in [5.74, 6) is 7.27. The molecule has 0 fully saturated rings. The predicted octanol–water partition coefficient (Wildman–Crippen LogP) is 2.99. The maximum Gasteiger partial charge on any atom is 0.210 e. The van der Waals surface area contributed by atoms with Crippen LogP contribution in [0.3, 0.4) is 0 Å². The number of halogens is 2. The molecule has 6 nitrogen and oxygen atoms in total. The molecular formula is C13H12Cl2N6S. The minimum atomic E-state index is 0.481. The van der Waals surface area contributed by atoms with Gasteiger partial charge in [0.25, 0.3) is 0 Å². The van der Waals surface area contributed by atoms with Crippen LogP contribution < -0.4 is 5.84 Å². The molecule has 0 saturated heterocycles. The molecule has 0 unspecified atom stereocenters. The highest BCUT2D eigenvalue weighted by Crippen LogP contribution is 2.30. The molecule has 3 aromatic rings. The van der Waals surface area contributed by atoms with Gasteiger partial charge in [0.1, 0.15) is 0 Å². The molecule has 0 radical (unpaired) electrons. The lowest BCUT2D eigenvalue weighted by Crippen LogP contribution is -2.12. The van der Waals surface area contributed by atoms with E-state index >= 15 is 0 Å². The normalized spacial score (nSPS) is 11.0. The fraction of sp³-hybridized carbons (Fsp3) is 0.154. The fourth-order valence-corrected chi connectivity index (χ4v) is 3.29. The number of nitrogens with two attached hydrogens (primary N) is 1. The Morgan fingerprint density at radius 2 is 2.05 bits per heavy atom. The molecule has 22 heavy (non-hydrogen) atoms. The second-order valence-corrected chi connectivity index (χ2v) is 6.32. The number of aromatic nitrogens is 5. The van der Waals surface area contributed by atoms with Gasteiger partial charge in [-0.1, -0.05) is 35.0 Å². The van der Waals surface area contributed by atoms with Gasteiger partial charge in [-0.3, -0.25) is 4.68 Å². The Kier molecular flexibility index (Phi) is 4.28. The van der Waals surface area contributed by atoms with Crippen molar-refractivity contribution >= 4 is 35.0 Å². The summed E-state index contributed by atoms with van der Waals surface area (Å²) in [7, 11) is 1.89. The van der Waals surface area contributed by atoms with Crippen molar-refractivity contribution in [2.24, 2.45) is 7.05 Å². The van der Waals surface area contributed by atoms with Crippen molar-refractivity contribution < 1.29 is 0 Å². The van der Waals surface area contributed by atoms with Crippen molar-refractivity contribution in [1.29, 1.82) is 0 Å². The lowest BCUT2D eigenvalue weighted by atomic mass is 10.2. The first-order chi connectivity index (χ1) is 10.6. The van der Waals surface area contributed by atoms with Crippen molar-refractivity contribution in [3.63, 3.8) is 0 Å². The van der Waals surface area contributed by atoms with Crippen molar-refractivity contribution in [1.82, 2.24) is 24.7 Å². The number of hydrogen-bond acceptors (Lipinski definition) is 5. The molecule has 0 saturated carbocycles. The lowest BCUT2D eigenvalue weighted by molar-refractivity contribution is 0.735. The third-order valence-electron chi connectivity index (χ3n) is 3.11. The van der Waals surface area contributed by atoms with E-state index < -0.39 is 0 Å². The SMILES string of the molecule is Cn1nccc1CSc1nnc(-c2ccc(Cl)cc2Cl)n1N. The van der Waals surface area contributed by atoms with E-state index in [4.69, 9.17) is 29.0 Å². The standard InChI is InChI=1S/C13H12Cl2N6S/c1-20-9(4-5-17-20)7-22-13-19-18-12(21(13)16)10-3-2-8(14)6-11(10)15/h2-6H,7,16H2,1H3. The summed E-state index contributed by atoms with van der Waals surface area (Å²) in [6.07, 6.45) is 1.75. The van der Waals surface area contributed by atoms with Crippen molar-refractivity contribution in [2.45, 2.75) is 10.9 Å². The molecule has 2 heterocycles. The molecule has 0 aliphatic heterocycles. The first-order valence-corrected chi connectivity index (χ1v) is 8.06. The molecule has 0 spiro atoms. The maximum atomic E-state index is 6.18. The number of nitrogen functional groups attached to an aromatic ring is 1. The van der Waals surface area contributed by atoms with Gasteiger partial charge in [-0.25, -0.2) is 4.68 Å². The summed E-state index contributed by atoms with van der Waals surface area (Å²) < 4.78 is 3.23. The van der Waals surface area contributed by atoms with E-state index in [9.17, 15) is 0 Å². The molecule has 0 aliphatic carbocycles. The van der Waals surface area contributed by atoms with E-state index in [2.05, 4.69) is 15.3 Å². The number of thioether (sulfide) groups is 1. The zero-order valence-corrected chi connectivity index (χ0v) is 13.9. The van der Waals surface area contributed by atoms with Crippen LogP contribution >= 0.6 is 35.0 Å². The molecular weight excluding hydrogens is 343 g/mol. The molecule has 0 atom stereocenters. The molecule has 114 valence electrons. The first kappa shape index (κ1) is 15.2. The van der Waals surface area contributed by atoms with Gasteiger partial charge in [-0.05, 0) is 24.3 Å². The second kappa shape index (κ2) is 6.20. The molecule has 3 rings (SSSR count). The molecule has 2 aromatic heterocycles. The minimum Gasteiger partial charge on any atom is -0.335 e. The van der Waals surface area contributed by atoms with E-state index in [-0.39, 0.29) is 0 Å². The fourth-order valence-electron chi connectivity index (χ4n) is 1.91. The van der Waals surface area contributed by atoms with Gasteiger partial charge >= 0.3 is 0 Å². The van der Waals surface area contributed by atoms with Gasteiger partial charge in [0, 0.05) is 35.3 Å². The van der Waals surface area contributed by atoms with Crippen LogP contribution in [0.15, 0.2) is 35.6 Å². The average Bonchev–Trinajstić information content (AvgIpc) is 3.04. The van der Waals surface area contributed by atoms with E-state index in [0.29, 0.717) is 32.3 Å². The van der Waals surface area contributed by atoms with Crippen LogP contribution in [0.2, 0.25) is 10.0 Å². The number of aryl methyl sites for hydroxylation is 1. The summed E-state index contributed by atoms with van der Waals surface area (Å²) in [5.41, 5.74) is 1.76. The van der Waals surface area contributed by atoms with Crippen LogP contribution in [-0.2, 0) is 12.8 Å². The number of benzene rings is 1. The highest BCUT2D eigenvalue weighted by molar-refractivity contribution is 7.98. The van der Waals surface area contributed by atoms with Crippen LogP contribution in [-0.4, -0.2) is 24.7 Å². The Hall–Kier alpha value is -1.70. The van der Waals surface area contributed by atoms with Crippen LogP contribution in [0.4, 0.5) is 0 Å². The average molecular weight is 355 g/mol. The number of rotatable bonds is 4. The summed E-state index contributed by atoms with van der Waals surface area (Å²) in [6, 6.07) is 7.10. The summed E-state index contributed by atoms with van der Waals surface area (Å²) in [4.78, 5) is 0. The highest BCUT2D eigenvalue weighted by Gasteiger charge is 2.15. The van der Waals surface area contributed by atoms with Crippen molar-refractivity contribution in [2.75, 3.05) is 5.84 Å². The van der Waals surface area contributed by atoms with Crippen LogP contribution in [0.1, 0.15) is 5.69 Å². The summed E-state index contributed by atoms with van der Waals surface area (Å²) in [6.45, 7) is 0. The number of nitrogens with zero attached hydrogens (tertiary/aromatic N) is 5. The zero-order valence-electron chi connectivity index (χ0n) is 11.6. The van der Waals surface area contributed by atoms with E-state index in [1.807, 2.05) is 13.1 Å². The van der Waals surface area contributed by atoms with E-state index in [1.165, 1.54) is 16.4 Å². The Balaban J connectivity index is 1.84. The third kappa shape index (κ3) is 2.92. The van der Waals surface area contributed by atoms with Crippen LogP contribution in [0, 0.1) is 0 Å². The Labute approximate surface area is 141 Å². The smallest absolute Gasteiger partial charge is 0.210 e. The Morgan fingerprint density at radius 3 is 2.73 bits per heavy atom. The zero-order chi connectivity index (χ0) is 15.7. The topological polar surface area (TPSA) is 74.5 Å². The van der Waals surface area contributed by atoms with Gasteiger partial charge in [-0.2, -0.15) is 5.10 Å². The van der Waals surface area contributed by atoms with Crippen LogP contribution in [0.5, 0.6) is 0 Å². The molecule has 2 N–H and O–H groups in total. The highest BCUT2D eigenvalue weighted by atomic mass is 35.5. The Morgan fingerprint density at radius 1 is 1.23 bits per heavy atom. The molecule has 0 amide bonds. The lowest BCUT2D eigenvalue weighted by Gasteiger charge is -2.06. The maximum absolute atomic E-state index is 6.18. The van der Waals surface area contributed by atoms with Gasteiger partial charge in [0.05, 0.1) is 5.02 Å². The number of hydrogen-bond donors (Lipinski definition) is 1. The van der Waals surface area contributed by atoms with Gasteiger partial charge in [0.15, 0.2) is 5.82 Å². The second-order valence-electron chi connectivity index (χ2n) is 4.54. The molecule has 9 heteroatoms. The third-order valence-corrected chi connectivity index (χ3v) is 4.63. The summed E-state index contributed by atoms with van der Waals surface area (Å²) >= 11 is 13.6. The molecule has 0 aliphatic rings. The van der Waals surface area contributed by atoms with Gasteiger partial charge in [0.2, 0.25) is 5.16 Å². The molecule has 0 bridgehead atoms. The monoisotopic (exact) mass is 354 g/mol. The van der Waals surface area contributed by atoms with Crippen molar-refractivity contribution in [3.05, 3.63) is 46.2 Å². The Bertz CT molecular complexity index is 813. The van der Waals surface area contributed by atoms with E-state index in [1.54, 1.807) is 29.1 Å². The van der Waals surface area contributed by atoms with Gasteiger partial charge in [-0.15, -0.1) is 10.2 Å². The first-order valence-electron chi connectivity index (χ1n) is 6.32. The van der Waals surface area contributed by atoms with Gasteiger partial charge < -0.3 is 5.84 Å². The quantitative estimate of drug-likeness (QED) is 0.575. The summed E-state index contributed by atoms with van der Waals surface area (Å²) in [5, 5.41) is 14.0. The van der Waals surface area contributed by atoms with Crippen LogP contribution in [0.25, 0.3) is 11.4 Å². The van der Waals surface area contributed by atoms with Crippen molar-refractivity contribution in [3.8, 4) is 11.4 Å². The molecule has 1 aromatic carbocycles. The largest absolute Gasteiger partial charge is 0.335 e. The van der Waals surface area contributed by atoms with E-state index in [0.717, 1.165) is 5.69 Å². The minimum absolute atomic E-state index is 0.481.